The van der Waals surface area contributed by atoms with Crippen LogP contribution < -0.4 is 0 Å². The van der Waals surface area contributed by atoms with Crippen molar-refractivity contribution in [1.82, 2.24) is 0 Å². The van der Waals surface area contributed by atoms with Crippen LogP contribution in [0.3, 0.4) is 0 Å². The molecule has 16 heavy (non-hydrogen) atoms. The number of benzene rings is 1. The van der Waals surface area contributed by atoms with E-state index < -0.39 is 0 Å². The summed E-state index contributed by atoms with van der Waals surface area (Å²) in [5, 5.41) is 11.4. The molecule has 88 valence electrons. The number of non-ortho nitro benzene ring substituents is 1. The van der Waals surface area contributed by atoms with Crippen molar-refractivity contribution in [2.45, 2.75) is 18.7 Å². The lowest BCUT2D eigenvalue weighted by Gasteiger charge is -2.20. The van der Waals surface area contributed by atoms with Crippen LogP contribution >= 0.6 is 27.7 Å². The summed E-state index contributed by atoms with van der Waals surface area (Å²) >= 11 is 5.19. The Labute approximate surface area is 108 Å². The fraction of sp³-hybridized carbons (Fsp3) is 0.455. The molecule has 0 amide bonds. The number of nitro groups is 1. The molecule has 0 aliphatic carbocycles. The third-order valence-corrected chi connectivity index (χ3v) is 5.09. The molecule has 0 aromatic heterocycles. The van der Waals surface area contributed by atoms with Crippen molar-refractivity contribution < 1.29 is 4.92 Å². The topological polar surface area (TPSA) is 43.1 Å². The van der Waals surface area contributed by atoms with E-state index in [0.717, 1.165) is 16.0 Å². The van der Waals surface area contributed by atoms with Gasteiger partial charge in [-0.25, -0.2) is 0 Å². The highest BCUT2D eigenvalue weighted by Gasteiger charge is 2.16. The highest BCUT2D eigenvalue weighted by molar-refractivity contribution is 9.09. The summed E-state index contributed by atoms with van der Waals surface area (Å²) in [6.07, 6.45) is 0. The summed E-state index contributed by atoms with van der Waals surface area (Å²) in [7, 11) is 0. The molecule has 0 radical (unpaired) electrons. The van der Waals surface area contributed by atoms with Gasteiger partial charge in [0.2, 0.25) is 0 Å². The van der Waals surface area contributed by atoms with E-state index in [1.54, 1.807) is 36.0 Å². The van der Waals surface area contributed by atoms with Crippen molar-refractivity contribution >= 4 is 33.4 Å². The molecular weight excluding hydrogens is 290 g/mol. The molecule has 0 N–H and O–H groups in total. The first-order valence-electron chi connectivity index (χ1n) is 4.88. The predicted octanol–water partition coefficient (Wildman–Crippen LogP) is 4.11. The molecule has 0 heterocycles. The van der Waals surface area contributed by atoms with Crippen LogP contribution in [0.15, 0.2) is 29.2 Å². The standard InChI is InChI=1S/C11H14BrNO2S/c1-11(2,7-12)8-16-10-5-3-9(4-6-10)13(14)15/h3-6H,7-8H2,1-2H3. The van der Waals surface area contributed by atoms with Gasteiger partial charge in [0, 0.05) is 28.1 Å². The molecule has 5 heteroatoms. The summed E-state index contributed by atoms with van der Waals surface area (Å²) in [5.41, 5.74) is 0.371. The van der Waals surface area contributed by atoms with Gasteiger partial charge in [-0.3, -0.25) is 10.1 Å². The molecule has 0 fully saturated rings. The van der Waals surface area contributed by atoms with Crippen molar-refractivity contribution in [3.63, 3.8) is 0 Å². The van der Waals surface area contributed by atoms with E-state index in [4.69, 9.17) is 0 Å². The Balaban J connectivity index is 2.59. The molecule has 0 atom stereocenters. The summed E-state index contributed by atoms with van der Waals surface area (Å²) in [6, 6.07) is 6.69. The smallest absolute Gasteiger partial charge is 0.258 e. The first-order valence-corrected chi connectivity index (χ1v) is 6.98. The zero-order valence-corrected chi connectivity index (χ0v) is 11.7. The van der Waals surface area contributed by atoms with E-state index in [1.807, 2.05) is 0 Å². The Hall–Kier alpha value is -0.550. The minimum Gasteiger partial charge on any atom is -0.258 e. The molecule has 0 bridgehead atoms. The van der Waals surface area contributed by atoms with Gasteiger partial charge in [-0.1, -0.05) is 29.8 Å². The molecule has 3 nitrogen and oxygen atoms in total. The van der Waals surface area contributed by atoms with Gasteiger partial charge in [-0.2, -0.15) is 0 Å². The normalized spacial score (nSPS) is 11.4. The third kappa shape index (κ3) is 4.14. The van der Waals surface area contributed by atoms with E-state index in [0.29, 0.717) is 0 Å². The van der Waals surface area contributed by atoms with Crippen LogP contribution in [0.4, 0.5) is 5.69 Å². The van der Waals surface area contributed by atoms with Gasteiger partial charge in [0.25, 0.3) is 5.69 Å². The van der Waals surface area contributed by atoms with Crippen LogP contribution in [0.5, 0.6) is 0 Å². The maximum Gasteiger partial charge on any atom is 0.269 e. The number of alkyl halides is 1. The quantitative estimate of drug-likeness (QED) is 0.356. The summed E-state index contributed by atoms with van der Waals surface area (Å²) in [5.74, 6) is 0.982. The number of halogens is 1. The molecule has 1 rings (SSSR count). The molecule has 0 saturated heterocycles. The van der Waals surface area contributed by atoms with Gasteiger partial charge < -0.3 is 0 Å². The Morgan fingerprint density at radius 3 is 2.38 bits per heavy atom. The number of rotatable bonds is 5. The summed E-state index contributed by atoms with van der Waals surface area (Å²) < 4.78 is 0. The molecule has 1 aromatic rings. The molecule has 0 unspecified atom stereocenters. The highest BCUT2D eigenvalue weighted by Crippen LogP contribution is 2.29. The van der Waals surface area contributed by atoms with E-state index in [2.05, 4.69) is 29.8 Å². The molecule has 0 saturated carbocycles. The van der Waals surface area contributed by atoms with Crippen molar-refractivity contribution in [2.75, 3.05) is 11.1 Å². The van der Waals surface area contributed by atoms with Crippen LogP contribution in [-0.2, 0) is 0 Å². The summed E-state index contributed by atoms with van der Waals surface area (Å²) in [4.78, 5) is 11.2. The lowest BCUT2D eigenvalue weighted by molar-refractivity contribution is -0.384. The molecule has 1 aromatic carbocycles. The molecule has 0 aliphatic rings. The number of nitro benzene ring substituents is 1. The van der Waals surface area contributed by atoms with Crippen LogP contribution in [-0.4, -0.2) is 16.0 Å². The Morgan fingerprint density at radius 2 is 1.94 bits per heavy atom. The fourth-order valence-corrected chi connectivity index (χ4v) is 2.43. The van der Waals surface area contributed by atoms with Crippen LogP contribution in [0, 0.1) is 15.5 Å². The SMILES string of the molecule is CC(C)(CBr)CSc1ccc([N+](=O)[O-])cc1. The first-order chi connectivity index (χ1) is 7.44. The lowest BCUT2D eigenvalue weighted by Crippen LogP contribution is -2.15. The monoisotopic (exact) mass is 303 g/mol. The summed E-state index contributed by atoms with van der Waals surface area (Å²) in [6.45, 7) is 4.36. The fourth-order valence-electron chi connectivity index (χ4n) is 0.981. The van der Waals surface area contributed by atoms with E-state index >= 15 is 0 Å². The van der Waals surface area contributed by atoms with E-state index in [-0.39, 0.29) is 16.0 Å². The second-order valence-corrected chi connectivity index (χ2v) is 5.95. The number of hydrogen-bond donors (Lipinski definition) is 0. The van der Waals surface area contributed by atoms with E-state index in [1.165, 1.54) is 0 Å². The van der Waals surface area contributed by atoms with E-state index in [9.17, 15) is 10.1 Å². The Bertz CT molecular complexity index is 365. The van der Waals surface area contributed by atoms with Gasteiger partial charge in [0.1, 0.15) is 0 Å². The Morgan fingerprint density at radius 1 is 1.38 bits per heavy atom. The van der Waals surface area contributed by atoms with Gasteiger partial charge >= 0.3 is 0 Å². The third-order valence-electron chi connectivity index (χ3n) is 2.04. The van der Waals surface area contributed by atoms with Crippen LogP contribution in [0.25, 0.3) is 0 Å². The van der Waals surface area contributed by atoms with Gasteiger partial charge in [-0.05, 0) is 17.5 Å². The second kappa shape index (κ2) is 5.68. The Kier molecular flexibility index (Phi) is 4.80. The van der Waals surface area contributed by atoms with Gasteiger partial charge in [0.15, 0.2) is 0 Å². The zero-order valence-electron chi connectivity index (χ0n) is 9.27. The van der Waals surface area contributed by atoms with Crippen molar-refractivity contribution in [3.8, 4) is 0 Å². The van der Waals surface area contributed by atoms with Crippen molar-refractivity contribution in [1.29, 1.82) is 0 Å². The van der Waals surface area contributed by atoms with Crippen LogP contribution in [0.2, 0.25) is 0 Å². The zero-order chi connectivity index (χ0) is 12.2. The molecular formula is C11H14BrNO2S. The van der Waals surface area contributed by atoms with Gasteiger partial charge in [0.05, 0.1) is 4.92 Å². The van der Waals surface area contributed by atoms with Crippen molar-refractivity contribution in [2.24, 2.45) is 5.41 Å². The minimum atomic E-state index is -0.378. The largest absolute Gasteiger partial charge is 0.269 e. The van der Waals surface area contributed by atoms with Crippen molar-refractivity contribution in [3.05, 3.63) is 34.4 Å². The lowest BCUT2D eigenvalue weighted by atomic mass is 10.0. The average Bonchev–Trinajstić information content (AvgIpc) is 2.27. The second-order valence-electron chi connectivity index (χ2n) is 4.34. The number of hydrogen-bond acceptors (Lipinski definition) is 3. The van der Waals surface area contributed by atoms with Gasteiger partial charge in [-0.15, -0.1) is 11.8 Å². The highest BCUT2D eigenvalue weighted by atomic mass is 79.9. The number of thioether (sulfide) groups is 1. The predicted molar refractivity (Wildman–Crippen MR) is 71.4 cm³/mol. The maximum atomic E-state index is 10.5. The van der Waals surface area contributed by atoms with Crippen LogP contribution in [0.1, 0.15) is 13.8 Å². The maximum absolute atomic E-state index is 10.5. The molecule has 0 spiro atoms. The number of nitrogens with zero attached hydrogens (tertiary/aromatic N) is 1. The average molecular weight is 304 g/mol. The minimum absolute atomic E-state index is 0.143. The first kappa shape index (κ1) is 13.5. The molecule has 0 aliphatic heterocycles.